The average molecular weight is 359 g/mol. The van der Waals surface area contributed by atoms with E-state index in [1.54, 1.807) is 13.3 Å². The molecular formula is C18H25N5O3. The maximum absolute atomic E-state index is 12.6. The fourth-order valence-corrected chi connectivity index (χ4v) is 4.26. The van der Waals surface area contributed by atoms with Crippen molar-refractivity contribution < 1.29 is 13.9 Å². The summed E-state index contributed by atoms with van der Waals surface area (Å²) in [6, 6.07) is 3.86. The predicted molar refractivity (Wildman–Crippen MR) is 94.8 cm³/mol. The summed E-state index contributed by atoms with van der Waals surface area (Å²) in [5.41, 5.74) is -0.396. The molecule has 0 bridgehead atoms. The molecule has 0 unspecified atom stereocenters. The van der Waals surface area contributed by atoms with Gasteiger partial charge in [0.25, 0.3) is 0 Å². The molecule has 0 aliphatic carbocycles. The van der Waals surface area contributed by atoms with Crippen LogP contribution in [0.2, 0.25) is 0 Å². The van der Waals surface area contributed by atoms with E-state index in [4.69, 9.17) is 9.15 Å². The van der Waals surface area contributed by atoms with E-state index in [9.17, 15) is 4.79 Å². The number of furan rings is 1. The number of fused-ring (bicyclic) bond motifs is 1. The Balaban J connectivity index is 1.52. The minimum Gasteiger partial charge on any atom is -0.469 e. The van der Waals surface area contributed by atoms with Crippen molar-refractivity contribution in [2.24, 2.45) is 18.4 Å². The Morgan fingerprint density at radius 2 is 2.31 bits per heavy atom. The molecule has 2 fully saturated rings. The first kappa shape index (κ1) is 17.1. The van der Waals surface area contributed by atoms with Gasteiger partial charge in [-0.25, -0.2) is 0 Å². The lowest BCUT2D eigenvalue weighted by Crippen LogP contribution is -2.49. The minimum atomic E-state index is -0.396. The van der Waals surface area contributed by atoms with Crippen molar-refractivity contribution in [2.75, 3.05) is 38.3 Å². The number of carbonyl (C=O) groups excluding carboxylic acids is 1. The third kappa shape index (κ3) is 2.78. The van der Waals surface area contributed by atoms with Gasteiger partial charge in [-0.15, -0.1) is 10.2 Å². The molecule has 2 aromatic heterocycles. The Morgan fingerprint density at radius 1 is 1.42 bits per heavy atom. The Bertz CT molecular complexity index is 772. The first-order chi connectivity index (χ1) is 12.6. The summed E-state index contributed by atoms with van der Waals surface area (Å²) >= 11 is 0. The van der Waals surface area contributed by atoms with Crippen molar-refractivity contribution in [1.29, 1.82) is 0 Å². The minimum absolute atomic E-state index is 0.105. The Morgan fingerprint density at radius 3 is 3.08 bits per heavy atom. The Hall–Kier alpha value is -2.35. The quantitative estimate of drug-likeness (QED) is 0.849. The molecule has 2 aromatic rings. The summed E-state index contributed by atoms with van der Waals surface area (Å²) < 4.78 is 13.1. The molecule has 1 amide bonds. The molecule has 0 spiro atoms. The van der Waals surface area contributed by atoms with E-state index < -0.39 is 5.41 Å². The standard InChI is InChI=1S/C18H25N5O3/c1-19-16(24)18-7-9-25-11-13(18)10-23(12-18)17-21-20-15(22(17)2)6-5-14-4-3-8-26-14/h3-4,8,13H,5-7,9-12H2,1-2H3,(H,19,24)/t13-,18+/m1/s1. The van der Waals surface area contributed by atoms with E-state index in [1.165, 1.54) is 0 Å². The van der Waals surface area contributed by atoms with Crippen LogP contribution in [-0.4, -0.2) is 54.0 Å². The average Bonchev–Trinajstić information content (AvgIpc) is 3.37. The van der Waals surface area contributed by atoms with Gasteiger partial charge in [-0.1, -0.05) is 0 Å². The van der Waals surface area contributed by atoms with Crippen molar-refractivity contribution in [3.8, 4) is 0 Å². The molecule has 2 atom stereocenters. The second-order valence-electron chi connectivity index (χ2n) is 7.19. The van der Waals surface area contributed by atoms with Crippen LogP contribution in [0.5, 0.6) is 0 Å². The Kier molecular flexibility index (Phi) is 4.44. The van der Waals surface area contributed by atoms with Gasteiger partial charge < -0.3 is 23.9 Å². The van der Waals surface area contributed by atoms with Crippen LogP contribution in [-0.2, 0) is 29.4 Å². The van der Waals surface area contributed by atoms with E-state index >= 15 is 0 Å². The lowest BCUT2D eigenvalue weighted by molar-refractivity contribution is -0.138. The number of carbonyl (C=O) groups is 1. The van der Waals surface area contributed by atoms with Gasteiger partial charge in [0.1, 0.15) is 11.6 Å². The highest BCUT2D eigenvalue weighted by Gasteiger charge is 2.54. The lowest BCUT2D eigenvalue weighted by atomic mass is 9.73. The summed E-state index contributed by atoms with van der Waals surface area (Å²) in [4.78, 5) is 14.8. The molecule has 0 saturated carbocycles. The molecule has 26 heavy (non-hydrogen) atoms. The maximum Gasteiger partial charge on any atom is 0.228 e. The number of ether oxygens (including phenoxy) is 1. The summed E-state index contributed by atoms with van der Waals surface area (Å²) in [6.07, 6.45) is 3.98. The van der Waals surface area contributed by atoms with Crippen LogP contribution in [0.1, 0.15) is 18.0 Å². The van der Waals surface area contributed by atoms with Gasteiger partial charge in [0.15, 0.2) is 0 Å². The number of aryl methyl sites for hydroxylation is 2. The topological polar surface area (TPSA) is 85.4 Å². The lowest BCUT2D eigenvalue weighted by Gasteiger charge is -2.36. The fourth-order valence-electron chi connectivity index (χ4n) is 4.26. The highest BCUT2D eigenvalue weighted by Crippen LogP contribution is 2.43. The van der Waals surface area contributed by atoms with Gasteiger partial charge in [-0.2, -0.15) is 0 Å². The third-order valence-corrected chi connectivity index (χ3v) is 5.79. The fraction of sp³-hybridized carbons (Fsp3) is 0.611. The predicted octanol–water partition coefficient (Wildman–Crippen LogP) is 0.782. The number of hydrogen-bond acceptors (Lipinski definition) is 6. The zero-order valence-corrected chi connectivity index (χ0v) is 15.3. The molecular weight excluding hydrogens is 334 g/mol. The van der Waals surface area contributed by atoms with E-state index in [0.29, 0.717) is 19.8 Å². The largest absolute Gasteiger partial charge is 0.469 e. The number of rotatable bonds is 5. The van der Waals surface area contributed by atoms with Crippen LogP contribution < -0.4 is 10.2 Å². The normalized spacial score (nSPS) is 25.3. The summed E-state index contributed by atoms with van der Waals surface area (Å²) in [7, 11) is 3.69. The molecule has 2 aliphatic heterocycles. The Labute approximate surface area is 152 Å². The van der Waals surface area contributed by atoms with E-state index in [-0.39, 0.29) is 11.8 Å². The number of hydrogen-bond donors (Lipinski definition) is 1. The van der Waals surface area contributed by atoms with Crippen molar-refractivity contribution >= 4 is 11.9 Å². The van der Waals surface area contributed by atoms with E-state index in [2.05, 4.69) is 20.4 Å². The van der Waals surface area contributed by atoms with Crippen LogP contribution in [0.25, 0.3) is 0 Å². The summed E-state index contributed by atoms with van der Waals surface area (Å²) in [5, 5.41) is 11.6. The molecule has 0 aromatic carbocycles. The van der Waals surface area contributed by atoms with Crippen LogP contribution in [0.15, 0.2) is 22.8 Å². The number of anilines is 1. The molecule has 4 heterocycles. The van der Waals surface area contributed by atoms with Gasteiger partial charge in [0.2, 0.25) is 11.9 Å². The van der Waals surface area contributed by atoms with Crippen LogP contribution in [0, 0.1) is 11.3 Å². The second kappa shape index (κ2) is 6.75. The maximum atomic E-state index is 12.6. The number of amides is 1. The SMILES string of the molecule is CNC(=O)[C@]12CCOC[C@H]1CN(c1nnc(CCc3ccco3)n1C)C2. The molecule has 2 aliphatic rings. The highest BCUT2D eigenvalue weighted by molar-refractivity contribution is 5.84. The summed E-state index contributed by atoms with van der Waals surface area (Å²) in [6.45, 7) is 2.67. The molecule has 8 nitrogen and oxygen atoms in total. The van der Waals surface area contributed by atoms with Crippen LogP contribution >= 0.6 is 0 Å². The van der Waals surface area contributed by atoms with Crippen LogP contribution in [0.4, 0.5) is 5.95 Å². The van der Waals surface area contributed by atoms with Gasteiger partial charge in [-0.05, 0) is 18.6 Å². The first-order valence-corrected chi connectivity index (χ1v) is 9.09. The summed E-state index contributed by atoms with van der Waals surface area (Å²) in [5.74, 6) is 2.96. The molecule has 140 valence electrons. The van der Waals surface area contributed by atoms with Gasteiger partial charge in [-0.3, -0.25) is 4.79 Å². The smallest absolute Gasteiger partial charge is 0.228 e. The monoisotopic (exact) mass is 359 g/mol. The zero-order valence-electron chi connectivity index (χ0n) is 15.3. The van der Waals surface area contributed by atoms with Gasteiger partial charge in [0, 0.05) is 52.6 Å². The first-order valence-electron chi connectivity index (χ1n) is 9.09. The van der Waals surface area contributed by atoms with E-state index in [1.807, 2.05) is 23.7 Å². The van der Waals surface area contributed by atoms with Crippen molar-refractivity contribution in [1.82, 2.24) is 20.1 Å². The van der Waals surface area contributed by atoms with Crippen LogP contribution in [0.3, 0.4) is 0 Å². The third-order valence-electron chi connectivity index (χ3n) is 5.79. The van der Waals surface area contributed by atoms with Gasteiger partial charge in [0.05, 0.1) is 18.3 Å². The molecule has 1 N–H and O–H groups in total. The van der Waals surface area contributed by atoms with Gasteiger partial charge >= 0.3 is 0 Å². The van der Waals surface area contributed by atoms with Crippen molar-refractivity contribution in [2.45, 2.75) is 19.3 Å². The second-order valence-corrected chi connectivity index (χ2v) is 7.19. The number of nitrogens with zero attached hydrogens (tertiary/aromatic N) is 4. The van der Waals surface area contributed by atoms with Crippen molar-refractivity contribution in [3.63, 3.8) is 0 Å². The molecule has 0 radical (unpaired) electrons. The molecule has 4 rings (SSSR count). The number of nitrogens with one attached hydrogen (secondary N) is 1. The molecule has 2 saturated heterocycles. The van der Waals surface area contributed by atoms with Crippen molar-refractivity contribution in [3.05, 3.63) is 30.0 Å². The molecule has 8 heteroatoms. The highest BCUT2D eigenvalue weighted by atomic mass is 16.5. The number of aromatic nitrogens is 3. The van der Waals surface area contributed by atoms with E-state index in [0.717, 1.165) is 43.3 Å². The zero-order chi connectivity index (χ0) is 18.1.